The number of aliphatic hydroxyl groups excluding tert-OH is 1. The van der Waals surface area contributed by atoms with E-state index in [2.05, 4.69) is 4.98 Å². The number of aromatic nitrogens is 1. The van der Waals surface area contributed by atoms with Crippen molar-refractivity contribution in [2.24, 2.45) is 0 Å². The van der Waals surface area contributed by atoms with Crippen molar-refractivity contribution in [3.05, 3.63) is 95.2 Å². The normalized spacial score (nSPS) is 16.0. The second-order valence-electron chi connectivity index (χ2n) is 6.55. The summed E-state index contributed by atoms with van der Waals surface area (Å²) in [5.74, 6) is 0.758. The molecule has 1 aliphatic rings. The van der Waals surface area contributed by atoms with Gasteiger partial charge in [-0.15, -0.1) is 11.8 Å². The Hall–Kier alpha value is -2.63. The quantitative estimate of drug-likeness (QED) is 0.698. The molecular formula is C22H20N2O2S. The first kappa shape index (κ1) is 17.8. The summed E-state index contributed by atoms with van der Waals surface area (Å²) in [5, 5.41) is 11.3. The van der Waals surface area contributed by atoms with Crippen LogP contribution in [-0.2, 0) is 12.3 Å². The smallest absolute Gasteiger partial charge is 0.254 e. The number of thioether (sulfide) groups is 1. The van der Waals surface area contributed by atoms with Gasteiger partial charge in [0.2, 0.25) is 0 Å². The Morgan fingerprint density at radius 2 is 1.85 bits per heavy atom. The molecule has 0 aliphatic carbocycles. The predicted octanol–water partition coefficient (Wildman–Crippen LogP) is 4.06. The molecule has 2 heterocycles. The lowest BCUT2D eigenvalue weighted by Crippen LogP contribution is -2.38. The van der Waals surface area contributed by atoms with Gasteiger partial charge in [0.15, 0.2) is 0 Å². The zero-order valence-corrected chi connectivity index (χ0v) is 15.6. The average molecular weight is 376 g/mol. The van der Waals surface area contributed by atoms with Gasteiger partial charge in [0.1, 0.15) is 0 Å². The number of hydrogen-bond donors (Lipinski definition) is 1. The molecule has 1 amide bonds. The molecule has 136 valence electrons. The fourth-order valence-corrected chi connectivity index (χ4v) is 4.07. The summed E-state index contributed by atoms with van der Waals surface area (Å²) in [4.78, 5) is 18.9. The summed E-state index contributed by atoms with van der Waals surface area (Å²) in [6.07, 6.45) is 1.16. The van der Waals surface area contributed by atoms with Gasteiger partial charge < -0.3 is 10.0 Å². The van der Waals surface area contributed by atoms with E-state index in [0.29, 0.717) is 18.7 Å². The van der Waals surface area contributed by atoms with Crippen molar-refractivity contribution in [3.8, 4) is 0 Å². The van der Waals surface area contributed by atoms with Gasteiger partial charge in [-0.05, 0) is 41.0 Å². The number of rotatable bonds is 4. The molecule has 5 heteroatoms. The number of hydrogen-bond acceptors (Lipinski definition) is 4. The monoisotopic (exact) mass is 376 g/mol. The van der Waals surface area contributed by atoms with E-state index in [9.17, 15) is 9.90 Å². The molecule has 0 spiro atoms. The highest BCUT2D eigenvalue weighted by atomic mass is 32.2. The number of β-amino-alcohol motifs (C(OH)–C–C–N with tert-alkyl or cyclic N) is 1. The van der Waals surface area contributed by atoms with Gasteiger partial charge in [0.05, 0.1) is 17.7 Å². The molecule has 1 aromatic heterocycles. The molecule has 4 nitrogen and oxygen atoms in total. The third-order valence-electron chi connectivity index (χ3n) is 4.68. The summed E-state index contributed by atoms with van der Waals surface area (Å²) in [6.45, 7) is 0.858. The second kappa shape index (κ2) is 7.94. The van der Waals surface area contributed by atoms with Gasteiger partial charge in [-0.2, -0.15) is 0 Å². The lowest BCUT2D eigenvalue weighted by Gasteiger charge is -2.32. The lowest BCUT2D eigenvalue weighted by molar-refractivity contribution is 0.0550. The molecular weight excluding hydrogens is 356 g/mol. The van der Waals surface area contributed by atoms with E-state index in [1.54, 1.807) is 22.9 Å². The summed E-state index contributed by atoms with van der Waals surface area (Å²) in [6, 6.07) is 21.3. The minimum absolute atomic E-state index is 0.0486. The van der Waals surface area contributed by atoms with E-state index < -0.39 is 6.10 Å². The molecule has 1 N–H and O–H groups in total. The SMILES string of the molecule is O=C(c1ccc(CSc2ccccn2)cc1)N1Cc2ccccc2C(O)C1. The molecule has 27 heavy (non-hydrogen) atoms. The van der Waals surface area contributed by atoms with Crippen LogP contribution in [0.3, 0.4) is 0 Å². The molecule has 1 unspecified atom stereocenters. The van der Waals surface area contributed by atoms with Crippen LogP contribution >= 0.6 is 11.8 Å². The zero-order chi connectivity index (χ0) is 18.6. The second-order valence-corrected chi connectivity index (χ2v) is 7.55. The first-order chi connectivity index (χ1) is 13.2. The topological polar surface area (TPSA) is 53.4 Å². The van der Waals surface area contributed by atoms with Crippen molar-refractivity contribution in [1.29, 1.82) is 0 Å². The molecule has 0 saturated carbocycles. The lowest BCUT2D eigenvalue weighted by atomic mass is 9.97. The number of carbonyl (C=O) groups excluding carboxylic acids is 1. The highest BCUT2D eigenvalue weighted by molar-refractivity contribution is 7.98. The molecule has 0 saturated heterocycles. The zero-order valence-electron chi connectivity index (χ0n) is 14.8. The maximum atomic E-state index is 12.8. The maximum Gasteiger partial charge on any atom is 0.254 e. The largest absolute Gasteiger partial charge is 0.387 e. The van der Waals surface area contributed by atoms with Crippen LogP contribution in [0, 0.1) is 0 Å². The van der Waals surface area contributed by atoms with E-state index in [-0.39, 0.29) is 5.91 Å². The first-order valence-electron chi connectivity index (χ1n) is 8.88. The number of amides is 1. The van der Waals surface area contributed by atoms with E-state index in [4.69, 9.17) is 0 Å². The number of fused-ring (bicyclic) bond motifs is 1. The van der Waals surface area contributed by atoms with Gasteiger partial charge in [0, 0.05) is 24.1 Å². The van der Waals surface area contributed by atoms with Gasteiger partial charge in [-0.1, -0.05) is 42.5 Å². The van der Waals surface area contributed by atoms with E-state index >= 15 is 0 Å². The van der Waals surface area contributed by atoms with Gasteiger partial charge in [-0.25, -0.2) is 4.98 Å². The Bertz CT molecular complexity index is 929. The van der Waals surface area contributed by atoms with Crippen LogP contribution in [0.2, 0.25) is 0 Å². The molecule has 0 radical (unpaired) electrons. The van der Waals surface area contributed by atoms with E-state index in [1.807, 2.05) is 66.7 Å². The molecule has 4 rings (SSSR count). The molecule has 1 atom stereocenters. The maximum absolute atomic E-state index is 12.8. The van der Waals surface area contributed by atoms with Crippen molar-refractivity contribution in [1.82, 2.24) is 9.88 Å². The minimum atomic E-state index is -0.632. The third-order valence-corrected chi connectivity index (χ3v) is 5.70. The molecule has 1 aliphatic heterocycles. The number of nitrogens with zero attached hydrogens (tertiary/aromatic N) is 2. The van der Waals surface area contributed by atoms with Crippen LogP contribution < -0.4 is 0 Å². The standard InChI is InChI=1S/C22H20N2O2S/c25-20-14-24(13-18-5-1-2-6-19(18)20)22(26)17-10-8-16(9-11-17)15-27-21-7-3-4-12-23-21/h1-12,20,25H,13-15H2. The summed E-state index contributed by atoms with van der Waals surface area (Å²) in [7, 11) is 0. The Balaban J connectivity index is 1.42. The van der Waals surface area contributed by atoms with Crippen molar-refractivity contribution >= 4 is 17.7 Å². The fourth-order valence-electron chi connectivity index (χ4n) is 3.25. The van der Waals surface area contributed by atoms with Crippen LogP contribution in [-0.4, -0.2) is 27.4 Å². The van der Waals surface area contributed by atoms with Crippen LogP contribution in [0.4, 0.5) is 0 Å². The van der Waals surface area contributed by atoms with Crippen LogP contribution in [0.25, 0.3) is 0 Å². The molecule has 0 bridgehead atoms. The van der Waals surface area contributed by atoms with E-state index in [1.165, 1.54) is 0 Å². The summed E-state index contributed by atoms with van der Waals surface area (Å²) < 4.78 is 0. The summed E-state index contributed by atoms with van der Waals surface area (Å²) in [5.41, 5.74) is 3.72. The Morgan fingerprint density at radius 1 is 1.07 bits per heavy atom. The number of carbonyl (C=O) groups is 1. The number of benzene rings is 2. The Labute approximate surface area is 162 Å². The number of aliphatic hydroxyl groups is 1. The molecule has 3 aromatic rings. The van der Waals surface area contributed by atoms with Crippen LogP contribution in [0.15, 0.2) is 78.0 Å². The Morgan fingerprint density at radius 3 is 2.63 bits per heavy atom. The average Bonchev–Trinajstić information content (AvgIpc) is 2.73. The van der Waals surface area contributed by atoms with Crippen molar-refractivity contribution in [2.75, 3.05) is 6.54 Å². The highest BCUT2D eigenvalue weighted by Gasteiger charge is 2.27. The van der Waals surface area contributed by atoms with Gasteiger partial charge in [0.25, 0.3) is 5.91 Å². The summed E-state index contributed by atoms with van der Waals surface area (Å²) >= 11 is 1.67. The van der Waals surface area contributed by atoms with E-state index in [0.717, 1.165) is 27.5 Å². The van der Waals surface area contributed by atoms with Gasteiger partial charge >= 0.3 is 0 Å². The minimum Gasteiger partial charge on any atom is -0.387 e. The van der Waals surface area contributed by atoms with Crippen molar-refractivity contribution in [3.63, 3.8) is 0 Å². The predicted molar refractivity (Wildman–Crippen MR) is 106 cm³/mol. The fraction of sp³-hybridized carbons (Fsp3) is 0.182. The van der Waals surface area contributed by atoms with Crippen molar-refractivity contribution < 1.29 is 9.90 Å². The number of pyridine rings is 1. The van der Waals surface area contributed by atoms with Crippen molar-refractivity contribution in [2.45, 2.75) is 23.4 Å². The van der Waals surface area contributed by atoms with Gasteiger partial charge in [-0.3, -0.25) is 4.79 Å². The highest BCUT2D eigenvalue weighted by Crippen LogP contribution is 2.27. The Kier molecular flexibility index (Phi) is 5.23. The molecule has 0 fully saturated rings. The third kappa shape index (κ3) is 4.04. The van der Waals surface area contributed by atoms with Crippen LogP contribution in [0.5, 0.6) is 0 Å². The first-order valence-corrected chi connectivity index (χ1v) is 9.87. The molecule has 2 aromatic carbocycles. The van der Waals surface area contributed by atoms with Crippen LogP contribution in [0.1, 0.15) is 33.2 Å².